The van der Waals surface area contributed by atoms with Crippen LogP contribution in [-0.2, 0) is 24.9 Å². The van der Waals surface area contributed by atoms with Crippen LogP contribution in [0.2, 0.25) is 0 Å². The van der Waals surface area contributed by atoms with E-state index in [1.54, 1.807) is 12.3 Å². The van der Waals surface area contributed by atoms with Gasteiger partial charge in [0.1, 0.15) is 11.6 Å². The van der Waals surface area contributed by atoms with Crippen molar-refractivity contribution in [1.82, 2.24) is 30.4 Å². The number of aliphatic imine (C=N–C) groups is 1. The SMILES string of the molecule is Cc1nnc(CNC(=NCc2ncccc2F)NCC2CCCO2)n1C. The molecule has 0 amide bonds. The molecular formula is C17H24FN7O. The molecule has 1 fully saturated rings. The first-order chi connectivity index (χ1) is 12.6. The number of rotatable bonds is 6. The summed E-state index contributed by atoms with van der Waals surface area (Å²) in [7, 11) is 1.91. The van der Waals surface area contributed by atoms with Gasteiger partial charge in [-0.05, 0) is 31.9 Å². The van der Waals surface area contributed by atoms with Crippen LogP contribution in [0.3, 0.4) is 0 Å². The van der Waals surface area contributed by atoms with Crippen LogP contribution in [0.15, 0.2) is 23.3 Å². The Morgan fingerprint density at radius 1 is 1.42 bits per heavy atom. The Labute approximate surface area is 151 Å². The molecule has 3 rings (SSSR count). The van der Waals surface area contributed by atoms with E-state index in [2.05, 4.69) is 30.8 Å². The monoisotopic (exact) mass is 361 g/mol. The van der Waals surface area contributed by atoms with Gasteiger partial charge in [0, 0.05) is 26.4 Å². The van der Waals surface area contributed by atoms with Gasteiger partial charge in [-0.3, -0.25) is 4.98 Å². The van der Waals surface area contributed by atoms with E-state index >= 15 is 0 Å². The molecular weight excluding hydrogens is 337 g/mol. The van der Waals surface area contributed by atoms with Gasteiger partial charge in [0.05, 0.1) is 24.9 Å². The maximum absolute atomic E-state index is 13.8. The van der Waals surface area contributed by atoms with Crippen molar-refractivity contribution in [2.45, 2.75) is 39.0 Å². The molecule has 2 aromatic rings. The molecule has 26 heavy (non-hydrogen) atoms. The van der Waals surface area contributed by atoms with E-state index in [-0.39, 0.29) is 18.5 Å². The topological polar surface area (TPSA) is 89.2 Å². The quantitative estimate of drug-likeness (QED) is 0.591. The number of ether oxygens (including phenoxy) is 1. The lowest BCUT2D eigenvalue weighted by Gasteiger charge is -2.15. The molecule has 1 atom stereocenters. The summed E-state index contributed by atoms with van der Waals surface area (Å²) in [6, 6.07) is 2.95. The minimum atomic E-state index is -0.362. The largest absolute Gasteiger partial charge is 0.376 e. The average Bonchev–Trinajstić information content (AvgIpc) is 3.27. The Balaban J connectivity index is 1.64. The Hall–Kier alpha value is -2.55. The third kappa shape index (κ3) is 4.75. The summed E-state index contributed by atoms with van der Waals surface area (Å²) in [6.45, 7) is 3.94. The van der Waals surface area contributed by atoms with Crippen molar-refractivity contribution in [3.05, 3.63) is 41.5 Å². The lowest BCUT2D eigenvalue weighted by Crippen LogP contribution is -2.41. The first kappa shape index (κ1) is 18.2. The van der Waals surface area contributed by atoms with E-state index in [1.807, 2.05) is 18.5 Å². The van der Waals surface area contributed by atoms with Crippen LogP contribution < -0.4 is 10.6 Å². The van der Waals surface area contributed by atoms with Crippen LogP contribution in [0.25, 0.3) is 0 Å². The lowest BCUT2D eigenvalue weighted by molar-refractivity contribution is 0.113. The van der Waals surface area contributed by atoms with Crippen molar-refractivity contribution in [3.8, 4) is 0 Å². The van der Waals surface area contributed by atoms with Gasteiger partial charge >= 0.3 is 0 Å². The fraction of sp³-hybridized carbons (Fsp3) is 0.529. The van der Waals surface area contributed by atoms with Gasteiger partial charge < -0.3 is 19.9 Å². The van der Waals surface area contributed by atoms with Gasteiger partial charge in [0.25, 0.3) is 0 Å². The molecule has 0 aromatic carbocycles. The number of hydrogen-bond donors (Lipinski definition) is 2. The van der Waals surface area contributed by atoms with Crippen molar-refractivity contribution in [2.75, 3.05) is 13.2 Å². The summed E-state index contributed by atoms with van der Waals surface area (Å²) in [5.74, 6) is 1.83. The van der Waals surface area contributed by atoms with Crippen LogP contribution in [-0.4, -0.2) is 45.0 Å². The van der Waals surface area contributed by atoms with Crippen LogP contribution in [0.5, 0.6) is 0 Å². The summed E-state index contributed by atoms with van der Waals surface area (Å²) in [4.78, 5) is 8.48. The molecule has 3 heterocycles. The summed E-state index contributed by atoms with van der Waals surface area (Å²) in [5.41, 5.74) is 0.306. The smallest absolute Gasteiger partial charge is 0.192 e. The molecule has 0 aliphatic carbocycles. The highest BCUT2D eigenvalue weighted by Gasteiger charge is 2.16. The highest BCUT2D eigenvalue weighted by molar-refractivity contribution is 5.79. The Kier molecular flexibility index (Phi) is 6.11. The molecule has 9 heteroatoms. The highest BCUT2D eigenvalue weighted by Crippen LogP contribution is 2.10. The molecule has 0 spiro atoms. The number of aromatic nitrogens is 4. The predicted octanol–water partition coefficient (Wildman–Crippen LogP) is 1.07. The molecule has 140 valence electrons. The van der Waals surface area contributed by atoms with Crippen LogP contribution in [0.1, 0.15) is 30.2 Å². The summed E-state index contributed by atoms with van der Waals surface area (Å²) >= 11 is 0. The Bertz CT molecular complexity index is 755. The fourth-order valence-corrected chi connectivity index (χ4v) is 2.65. The van der Waals surface area contributed by atoms with Gasteiger partial charge in [-0.15, -0.1) is 10.2 Å². The van der Waals surface area contributed by atoms with Crippen LogP contribution in [0.4, 0.5) is 4.39 Å². The molecule has 1 aliphatic rings. The van der Waals surface area contributed by atoms with E-state index < -0.39 is 0 Å². The van der Waals surface area contributed by atoms with Gasteiger partial charge in [-0.2, -0.15) is 0 Å². The van der Waals surface area contributed by atoms with Crippen LogP contribution in [0, 0.1) is 12.7 Å². The third-order valence-corrected chi connectivity index (χ3v) is 4.34. The van der Waals surface area contributed by atoms with E-state index in [4.69, 9.17) is 4.74 Å². The zero-order valence-electron chi connectivity index (χ0n) is 15.1. The van der Waals surface area contributed by atoms with Crippen LogP contribution >= 0.6 is 0 Å². The molecule has 1 aliphatic heterocycles. The van der Waals surface area contributed by atoms with Crippen molar-refractivity contribution >= 4 is 5.96 Å². The third-order valence-electron chi connectivity index (χ3n) is 4.34. The van der Waals surface area contributed by atoms with Gasteiger partial charge in [0.15, 0.2) is 11.8 Å². The van der Waals surface area contributed by atoms with Crippen molar-refractivity contribution < 1.29 is 9.13 Å². The highest BCUT2D eigenvalue weighted by atomic mass is 19.1. The Morgan fingerprint density at radius 2 is 2.31 bits per heavy atom. The molecule has 0 saturated carbocycles. The number of nitrogens with zero attached hydrogens (tertiary/aromatic N) is 5. The zero-order valence-corrected chi connectivity index (χ0v) is 15.1. The van der Waals surface area contributed by atoms with E-state index in [0.29, 0.717) is 24.7 Å². The molecule has 1 saturated heterocycles. The number of hydrogen-bond acceptors (Lipinski definition) is 5. The Morgan fingerprint density at radius 3 is 3.00 bits per heavy atom. The summed E-state index contributed by atoms with van der Waals surface area (Å²) in [6.07, 6.45) is 3.83. The van der Waals surface area contributed by atoms with E-state index in [1.165, 1.54) is 6.07 Å². The number of aryl methyl sites for hydroxylation is 1. The summed E-state index contributed by atoms with van der Waals surface area (Å²) in [5, 5.41) is 14.6. The zero-order chi connectivity index (χ0) is 18.4. The standard InChI is InChI=1S/C17H24FN7O/c1-12-23-24-16(25(12)2)11-22-17(20-9-13-5-4-8-26-13)21-10-15-14(18)6-3-7-19-15/h3,6-7,13H,4-5,8-11H2,1-2H3,(H2,20,21,22). The van der Waals surface area contributed by atoms with E-state index in [9.17, 15) is 4.39 Å². The van der Waals surface area contributed by atoms with Crippen molar-refractivity contribution in [3.63, 3.8) is 0 Å². The fourth-order valence-electron chi connectivity index (χ4n) is 2.65. The van der Waals surface area contributed by atoms with Gasteiger partial charge in [-0.1, -0.05) is 0 Å². The molecule has 8 nitrogen and oxygen atoms in total. The summed E-state index contributed by atoms with van der Waals surface area (Å²) < 4.78 is 21.3. The molecule has 2 N–H and O–H groups in total. The minimum Gasteiger partial charge on any atom is -0.376 e. The predicted molar refractivity (Wildman–Crippen MR) is 94.9 cm³/mol. The maximum atomic E-state index is 13.8. The second kappa shape index (κ2) is 8.70. The number of halogens is 1. The molecule has 0 bridgehead atoms. The number of pyridine rings is 1. The first-order valence-corrected chi connectivity index (χ1v) is 8.71. The molecule has 1 unspecified atom stereocenters. The van der Waals surface area contributed by atoms with Crippen molar-refractivity contribution in [2.24, 2.45) is 12.0 Å². The molecule has 2 aromatic heterocycles. The van der Waals surface area contributed by atoms with Crippen molar-refractivity contribution in [1.29, 1.82) is 0 Å². The second-order valence-corrected chi connectivity index (χ2v) is 6.19. The normalized spacial score (nSPS) is 17.5. The van der Waals surface area contributed by atoms with E-state index in [0.717, 1.165) is 31.1 Å². The first-order valence-electron chi connectivity index (χ1n) is 8.71. The molecule has 0 radical (unpaired) electrons. The van der Waals surface area contributed by atoms with Gasteiger partial charge in [0.2, 0.25) is 0 Å². The second-order valence-electron chi connectivity index (χ2n) is 6.19. The van der Waals surface area contributed by atoms with Gasteiger partial charge in [-0.25, -0.2) is 9.38 Å². The number of guanidine groups is 1. The number of nitrogens with one attached hydrogen (secondary N) is 2. The average molecular weight is 361 g/mol. The minimum absolute atomic E-state index is 0.144. The lowest BCUT2D eigenvalue weighted by atomic mass is 10.2. The maximum Gasteiger partial charge on any atom is 0.192 e.